The molecule has 0 radical (unpaired) electrons. The van der Waals surface area contributed by atoms with E-state index in [9.17, 15) is 9.59 Å². The highest BCUT2D eigenvalue weighted by atomic mass is 35.5. The lowest BCUT2D eigenvalue weighted by Gasteiger charge is -2.16. The molecule has 4 nitrogen and oxygen atoms in total. The van der Waals surface area contributed by atoms with E-state index in [0.717, 1.165) is 16.7 Å². The molecule has 2 amide bonds. The van der Waals surface area contributed by atoms with E-state index in [1.54, 1.807) is 18.2 Å². The Morgan fingerprint density at radius 1 is 1.08 bits per heavy atom. The van der Waals surface area contributed by atoms with Gasteiger partial charge in [-0.2, -0.15) is 0 Å². The standard InChI is InChI=1S/C19H21ClN2O2/c1-12-8-13(2)10-15(9-12)19(24)21-11-18(23)22-14(3)16-6-4-5-7-17(16)20/h4-10,14H,11H2,1-3H3,(H,21,24)(H,22,23). The first kappa shape index (κ1) is 18.0. The summed E-state index contributed by atoms with van der Waals surface area (Å²) in [5.41, 5.74) is 3.42. The first-order chi connectivity index (χ1) is 11.4. The van der Waals surface area contributed by atoms with Crippen LogP contribution in [0.3, 0.4) is 0 Å². The number of carbonyl (C=O) groups is 2. The van der Waals surface area contributed by atoms with Crippen molar-refractivity contribution in [1.82, 2.24) is 10.6 Å². The molecule has 126 valence electrons. The van der Waals surface area contributed by atoms with Crippen molar-refractivity contribution >= 4 is 23.4 Å². The fourth-order valence-electron chi connectivity index (χ4n) is 2.56. The highest BCUT2D eigenvalue weighted by Gasteiger charge is 2.13. The molecule has 0 heterocycles. The van der Waals surface area contributed by atoms with Crippen molar-refractivity contribution in [2.75, 3.05) is 6.54 Å². The zero-order valence-corrected chi connectivity index (χ0v) is 14.8. The van der Waals surface area contributed by atoms with Crippen LogP contribution in [0.5, 0.6) is 0 Å². The van der Waals surface area contributed by atoms with Gasteiger partial charge in [-0.05, 0) is 44.5 Å². The fourth-order valence-corrected chi connectivity index (χ4v) is 2.86. The van der Waals surface area contributed by atoms with Gasteiger partial charge in [0.05, 0.1) is 12.6 Å². The molecule has 24 heavy (non-hydrogen) atoms. The molecular formula is C19H21ClN2O2. The third-order valence-electron chi connectivity index (χ3n) is 3.64. The summed E-state index contributed by atoms with van der Waals surface area (Å²) in [7, 11) is 0. The van der Waals surface area contributed by atoms with E-state index in [4.69, 9.17) is 11.6 Å². The average molecular weight is 345 g/mol. The third-order valence-corrected chi connectivity index (χ3v) is 3.99. The van der Waals surface area contributed by atoms with E-state index in [0.29, 0.717) is 10.6 Å². The Balaban J connectivity index is 1.91. The number of carbonyl (C=O) groups excluding carboxylic acids is 2. The van der Waals surface area contributed by atoms with Crippen LogP contribution in [-0.2, 0) is 4.79 Å². The van der Waals surface area contributed by atoms with E-state index < -0.39 is 0 Å². The van der Waals surface area contributed by atoms with Crippen LogP contribution in [0.1, 0.15) is 40.0 Å². The second-order valence-electron chi connectivity index (χ2n) is 5.87. The van der Waals surface area contributed by atoms with Crippen LogP contribution < -0.4 is 10.6 Å². The number of rotatable bonds is 5. The maximum absolute atomic E-state index is 12.2. The quantitative estimate of drug-likeness (QED) is 0.871. The van der Waals surface area contributed by atoms with E-state index in [-0.39, 0.29) is 24.4 Å². The van der Waals surface area contributed by atoms with Gasteiger partial charge in [-0.15, -0.1) is 0 Å². The number of amides is 2. The SMILES string of the molecule is Cc1cc(C)cc(C(=O)NCC(=O)NC(C)c2ccccc2Cl)c1. The summed E-state index contributed by atoms with van der Waals surface area (Å²) < 4.78 is 0. The summed E-state index contributed by atoms with van der Waals surface area (Å²) in [5, 5.41) is 6.07. The summed E-state index contributed by atoms with van der Waals surface area (Å²) in [6.45, 7) is 5.63. The van der Waals surface area contributed by atoms with Crippen molar-refractivity contribution in [2.24, 2.45) is 0 Å². The Labute approximate surface area is 147 Å². The molecule has 5 heteroatoms. The number of benzene rings is 2. The number of halogens is 1. The first-order valence-electron chi connectivity index (χ1n) is 7.77. The Bertz CT molecular complexity index is 739. The van der Waals surface area contributed by atoms with Crippen molar-refractivity contribution in [3.05, 3.63) is 69.7 Å². The van der Waals surface area contributed by atoms with Crippen molar-refractivity contribution in [3.63, 3.8) is 0 Å². The van der Waals surface area contributed by atoms with Gasteiger partial charge in [-0.1, -0.05) is 47.0 Å². The molecular weight excluding hydrogens is 324 g/mol. The normalized spacial score (nSPS) is 11.7. The Morgan fingerprint density at radius 3 is 2.33 bits per heavy atom. The Morgan fingerprint density at radius 2 is 1.71 bits per heavy atom. The highest BCUT2D eigenvalue weighted by Crippen LogP contribution is 2.21. The van der Waals surface area contributed by atoms with Crippen molar-refractivity contribution < 1.29 is 9.59 Å². The smallest absolute Gasteiger partial charge is 0.251 e. The molecule has 0 aromatic heterocycles. The lowest BCUT2D eigenvalue weighted by atomic mass is 10.1. The van der Waals surface area contributed by atoms with Crippen LogP contribution in [0.2, 0.25) is 5.02 Å². The molecule has 2 N–H and O–H groups in total. The molecule has 0 saturated heterocycles. The van der Waals surface area contributed by atoms with Crippen LogP contribution in [0.15, 0.2) is 42.5 Å². The third kappa shape index (κ3) is 4.83. The van der Waals surface area contributed by atoms with Gasteiger partial charge in [0.2, 0.25) is 5.91 Å². The molecule has 2 aromatic rings. The van der Waals surface area contributed by atoms with Gasteiger partial charge in [0.15, 0.2) is 0 Å². The monoisotopic (exact) mass is 344 g/mol. The van der Waals surface area contributed by atoms with Gasteiger partial charge in [0.1, 0.15) is 0 Å². The van der Waals surface area contributed by atoms with Crippen molar-refractivity contribution in [1.29, 1.82) is 0 Å². The largest absolute Gasteiger partial charge is 0.348 e. The van der Waals surface area contributed by atoms with Gasteiger partial charge in [-0.25, -0.2) is 0 Å². The van der Waals surface area contributed by atoms with Crippen LogP contribution in [0.4, 0.5) is 0 Å². The predicted octanol–water partition coefficient (Wildman–Crippen LogP) is 3.56. The average Bonchev–Trinajstić information content (AvgIpc) is 2.52. The molecule has 0 fully saturated rings. The molecule has 0 spiro atoms. The number of hydrogen-bond acceptors (Lipinski definition) is 2. The molecule has 1 unspecified atom stereocenters. The van der Waals surface area contributed by atoms with Crippen LogP contribution >= 0.6 is 11.6 Å². The van der Waals surface area contributed by atoms with Crippen molar-refractivity contribution in [3.8, 4) is 0 Å². The second kappa shape index (κ2) is 7.97. The maximum atomic E-state index is 12.2. The molecule has 0 aliphatic rings. The highest BCUT2D eigenvalue weighted by molar-refractivity contribution is 6.31. The zero-order valence-electron chi connectivity index (χ0n) is 14.0. The summed E-state index contributed by atoms with van der Waals surface area (Å²) in [5.74, 6) is -0.525. The van der Waals surface area contributed by atoms with E-state index in [2.05, 4.69) is 10.6 Å². The molecule has 1 atom stereocenters. The molecule has 2 rings (SSSR count). The van der Waals surface area contributed by atoms with Gasteiger partial charge >= 0.3 is 0 Å². The van der Waals surface area contributed by atoms with Crippen molar-refractivity contribution in [2.45, 2.75) is 26.8 Å². The lowest BCUT2D eigenvalue weighted by Crippen LogP contribution is -2.38. The molecule has 0 aliphatic heterocycles. The maximum Gasteiger partial charge on any atom is 0.251 e. The van der Waals surface area contributed by atoms with E-state index >= 15 is 0 Å². The predicted molar refractivity (Wildman–Crippen MR) is 96.3 cm³/mol. The van der Waals surface area contributed by atoms with Crippen LogP contribution in [0.25, 0.3) is 0 Å². The minimum atomic E-state index is -0.264. The minimum absolute atomic E-state index is 0.0827. The lowest BCUT2D eigenvalue weighted by molar-refractivity contribution is -0.120. The molecule has 2 aromatic carbocycles. The summed E-state index contributed by atoms with van der Waals surface area (Å²) in [6.07, 6.45) is 0. The van der Waals surface area contributed by atoms with Gasteiger partial charge in [-0.3, -0.25) is 9.59 Å². The second-order valence-corrected chi connectivity index (χ2v) is 6.28. The summed E-state index contributed by atoms with van der Waals surface area (Å²) in [4.78, 5) is 24.2. The number of aryl methyl sites for hydroxylation is 2. The molecule has 0 saturated carbocycles. The van der Waals surface area contributed by atoms with Gasteiger partial charge < -0.3 is 10.6 Å². The fraction of sp³-hybridized carbons (Fsp3) is 0.263. The molecule has 0 bridgehead atoms. The Kier molecular flexibility index (Phi) is 5.99. The first-order valence-corrected chi connectivity index (χ1v) is 8.15. The molecule has 0 aliphatic carbocycles. The number of nitrogens with one attached hydrogen (secondary N) is 2. The Hall–Kier alpha value is -2.33. The topological polar surface area (TPSA) is 58.2 Å². The van der Waals surface area contributed by atoms with E-state index in [1.807, 2.05) is 45.0 Å². The minimum Gasteiger partial charge on any atom is -0.348 e. The van der Waals surface area contributed by atoms with E-state index in [1.165, 1.54) is 0 Å². The number of hydrogen-bond donors (Lipinski definition) is 2. The van der Waals surface area contributed by atoms with Gasteiger partial charge in [0.25, 0.3) is 5.91 Å². The summed E-state index contributed by atoms with van der Waals surface area (Å²) in [6, 6.07) is 12.7. The zero-order chi connectivity index (χ0) is 17.7. The van der Waals surface area contributed by atoms with Crippen LogP contribution in [-0.4, -0.2) is 18.4 Å². The van der Waals surface area contributed by atoms with Crippen LogP contribution in [0, 0.1) is 13.8 Å². The van der Waals surface area contributed by atoms with Gasteiger partial charge in [0, 0.05) is 10.6 Å². The summed E-state index contributed by atoms with van der Waals surface area (Å²) >= 11 is 6.12.